The fourth-order valence-corrected chi connectivity index (χ4v) is 5.07. The van der Waals surface area contributed by atoms with Crippen molar-refractivity contribution < 1.29 is 4.39 Å². The molecule has 0 N–H and O–H groups in total. The van der Waals surface area contributed by atoms with Gasteiger partial charge in [-0.3, -0.25) is 9.80 Å². The fourth-order valence-electron chi connectivity index (χ4n) is 5.07. The molecule has 1 aliphatic heterocycles. The molecule has 162 valence electrons. The zero-order valence-electron chi connectivity index (χ0n) is 17.8. The fraction of sp³-hybridized carbons (Fsp3) is 0.458. The van der Waals surface area contributed by atoms with E-state index in [0.29, 0.717) is 6.54 Å². The standard InChI is InChI=1S/C24H29FN6/c25-21-12-10-19(11-13-21)18-31-24(26-27-28-31)23(20-6-2-1-3-7-20)30-16-14-29(15-17-30)22-8-4-5-9-22/h1-3,6-7,10-13,22-23H,4-5,8-9,14-18H2/t23-/m0/s1. The molecule has 1 aromatic heterocycles. The van der Waals surface area contributed by atoms with Crippen LogP contribution in [0.3, 0.4) is 0 Å². The first-order valence-electron chi connectivity index (χ1n) is 11.3. The molecule has 6 nitrogen and oxygen atoms in total. The van der Waals surface area contributed by atoms with Crippen molar-refractivity contribution >= 4 is 0 Å². The van der Waals surface area contributed by atoms with Crippen molar-refractivity contribution in [1.29, 1.82) is 0 Å². The summed E-state index contributed by atoms with van der Waals surface area (Å²) in [5.74, 6) is 0.604. The minimum absolute atomic E-state index is 0.00220. The highest BCUT2D eigenvalue weighted by Gasteiger charge is 2.33. The summed E-state index contributed by atoms with van der Waals surface area (Å²) in [5, 5.41) is 12.7. The normalized spacial score (nSPS) is 19.6. The number of hydrogen-bond acceptors (Lipinski definition) is 5. The number of piperazine rings is 1. The molecule has 0 amide bonds. The van der Waals surface area contributed by atoms with E-state index >= 15 is 0 Å². The Hall–Kier alpha value is -2.64. The van der Waals surface area contributed by atoms with E-state index in [-0.39, 0.29) is 11.9 Å². The Labute approximate surface area is 182 Å². The van der Waals surface area contributed by atoms with E-state index in [1.165, 1.54) is 43.4 Å². The van der Waals surface area contributed by atoms with Gasteiger partial charge < -0.3 is 0 Å². The number of rotatable bonds is 6. The van der Waals surface area contributed by atoms with Crippen LogP contribution in [-0.4, -0.2) is 62.2 Å². The second-order valence-electron chi connectivity index (χ2n) is 8.64. The lowest BCUT2D eigenvalue weighted by atomic mass is 10.0. The molecule has 1 aliphatic carbocycles. The largest absolute Gasteiger partial charge is 0.298 e. The molecule has 1 saturated heterocycles. The zero-order valence-corrected chi connectivity index (χ0v) is 17.8. The van der Waals surface area contributed by atoms with Gasteiger partial charge in [-0.25, -0.2) is 9.07 Å². The van der Waals surface area contributed by atoms with E-state index in [4.69, 9.17) is 0 Å². The van der Waals surface area contributed by atoms with Crippen molar-refractivity contribution in [2.75, 3.05) is 26.2 Å². The van der Waals surface area contributed by atoms with Crippen molar-refractivity contribution in [2.45, 2.75) is 44.3 Å². The average molecular weight is 421 g/mol. The lowest BCUT2D eigenvalue weighted by Crippen LogP contribution is -2.51. The van der Waals surface area contributed by atoms with Crippen LogP contribution in [-0.2, 0) is 6.54 Å². The summed E-state index contributed by atoms with van der Waals surface area (Å²) < 4.78 is 15.2. The Bertz CT molecular complexity index is 959. The molecule has 0 spiro atoms. The second-order valence-corrected chi connectivity index (χ2v) is 8.64. The smallest absolute Gasteiger partial charge is 0.173 e. The molecule has 31 heavy (non-hydrogen) atoms. The third kappa shape index (κ3) is 4.52. The Kier molecular flexibility index (Phi) is 6.04. The monoisotopic (exact) mass is 420 g/mol. The van der Waals surface area contributed by atoms with E-state index in [1.54, 1.807) is 12.1 Å². The first kappa shape index (κ1) is 20.3. The lowest BCUT2D eigenvalue weighted by Gasteiger charge is -2.41. The van der Waals surface area contributed by atoms with Crippen LogP contribution in [0.15, 0.2) is 54.6 Å². The second kappa shape index (κ2) is 9.24. The van der Waals surface area contributed by atoms with Gasteiger partial charge >= 0.3 is 0 Å². The van der Waals surface area contributed by atoms with Gasteiger partial charge in [-0.1, -0.05) is 55.3 Å². The number of aromatic nitrogens is 4. The summed E-state index contributed by atoms with van der Waals surface area (Å²) in [7, 11) is 0. The van der Waals surface area contributed by atoms with Crippen LogP contribution in [0.1, 0.15) is 48.7 Å². The van der Waals surface area contributed by atoms with Gasteiger partial charge in [0.15, 0.2) is 5.82 Å². The third-order valence-corrected chi connectivity index (χ3v) is 6.72. The van der Waals surface area contributed by atoms with Gasteiger partial charge in [0.2, 0.25) is 0 Å². The molecule has 1 atom stereocenters. The highest BCUT2D eigenvalue weighted by atomic mass is 19.1. The Morgan fingerprint density at radius 3 is 2.32 bits per heavy atom. The van der Waals surface area contributed by atoms with Gasteiger partial charge in [0.1, 0.15) is 5.82 Å². The van der Waals surface area contributed by atoms with Gasteiger partial charge in [0, 0.05) is 32.2 Å². The van der Waals surface area contributed by atoms with Crippen molar-refractivity contribution in [3.63, 3.8) is 0 Å². The molecule has 2 heterocycles. The van der Waals surface area contributed by atoms with Crippen molar-refractivity contribution in [3.05, 3.63) is 77.4 Å². The molecule has 3 aromatic rings. The number of halogens is 1. The van der Waals surface area contributed by atoms with E-state index < -0.39 is 0 Å². The Morgan fingerprint density at radius 2 is 1.61 bits per heavy atom. The highest BCUT2D eigenvalue weighted by Crippen LogP contribution is 2.30. The summed E-state index contributed by atoms with van der Waals surface area (Å²) in [6.45, 7) is 4.70. The zero-order chi connectivity index (χ0) is 21.0. The van der Waals surface area contributed by atoms with Gasteiger partial charge in [0.25, 0.3) is 0 Å². The highest BCUT2D eigenvalue weighted by molar-refractivity contribution is 5.25. The van der Waals surface area contributed by atoms with E-state index in [2.05, 4.69) is 49.6 Å². The van der Waals surface area contributed by atoms with Crippen LogP contribution >= 0.6 is 0 Å². The van der Waals surface area contributed by atoms with Crippen LogP contribution in [0.5, 0.6) is 0 Å². The van der Waals surface area contributed by atoms with Crippen LogP contribution in [0.4, 0.5) is 4.39 Å². The maximum Gasteiger partial charge on any atom is 0.173 e. The molecule has 0 radical (unpaired) electrons. The van der Waals surface area contributed by atoms with Crippen molar-refractivity contribution in [3.8, 4) is 0 Å². The molecule has 7 heteroatoms. The van der Waals surface area contributed by atoms with Crippen molar-refractivity contribution in [2.24, 2.45) is 0 Å². The predicted molar refractivity (Wildman–Crippen MR) is 117 cm³/mol. The first-order valence-corrected chi connectivity index (χ1v) is 11.3. The molecule has 2 aromatic carbocycles. The third-order valence-electron chi connectivity index (χ3n) is 6.72. The Morgan fingerprint density at radius 1 is 0.903 bits per heavy atom. The average Bonchev–Trinajstić information content (AvgIpc) is 3.50. The summed E-state index contributed by atoms with van der Waals surface area (Å²) in [5.41, 5.74) is 2.18. The van der Waals surface area contributed by atoms with E-state index in [9.17, 15) is 4.39 Å². The van der Waals surface area contributed by atoms with Gasteiger partial charge in [-0.05, 0) is 46.5 Å². The number of tetrazole rings is 1. The van der Waals surface area contributed by atoms with Crippen LogP contribution in [0.2, 0.25) is 0 Å². The summed E-state index contributed by atoms with van der Waals surface area (Å²) in [6.07, 6.45) is 5.43. The molecule has 0 unspecified atom stereocenters. The first-order chi connectivity index (χ1) is 15.3. The van der Waals surface area contributed by atoms with Crippen LogP contribution in [0.25, 0.3) is 0 Å². The van der Waals surface area contributed by atoms with Crippen LogP contribution in [0, 0.1) is 5.82 Å². The lowest BCUT2D eigenvalue weighted by molar-refractivity contribution is 0.0771. The predicted octanol–water partition coefficient (Wildman–Crippen LogP) is 3.51. The number of nitrogens with zero attached hydrogens (tertiary/aromatic N) is 6. The van der Waals surface area contributed by atoms with E-state index in [0.717, 1.165) is 43.6 Å². The molecular weight excluding hydrogens is 391 g/mol. The molecule has 1 saturated carbocycles. The summed E-state index contributed by atoms with van der Waals surface area (Å²) in [6, 6.07) is 17.8. The molecule has 2 aliphatic rings. The number of benzene rings is 2. The number of hydrogen-bond donors (Lipinski definition) is 0. The summed E-state index contributed by atoms with van der Waals surface area (Å²) in [4.78, 5) is 5.18. The van der Waals surface area contributed by atoms with Gasteiger partial charge in [-0.2, -0.15) is 0 Å². The maximum absolute atomic E-state index is 13.3. The quantitative estimate of drug-likeness (QED) is 0.611. The Balaban J connectivity index is 1.39. The summed E-state index contributed by atoms with van der Waals surface area (Å²) >= 11 is 0. The molecule has 5 rings (SSSR count). The minimum Gasteiger partial charge on any atom is -0.298 e. The SMILES string of the molecule is Fc1ccc(Cn2nnnc2[C@H](c2ccccc2)N2CCN(C3CCCC3)CC2)cc1. The maximum atomic E-state index is 13.3. The topological polar surface area (TPSA) is 50.1 Å². The van der Waals surface area contributed by atoms with Gasteiger partial charge in [0.05, 0.1) is 12.6 Å². The van der Waals surface area contributed by atoms with E-state index in [1.807, 2.05) is 10.7 Å². The molecule has 2 fully saturated rings. The van der Waals surface area contributed by atoms with Gasteiger partial charge in [-0.15, -0.1) is 5.10 Å². The van der Waals surface area contributed by atoms with Crippen molar-refractivity contribution in [1.82, 2.24) is 30.0 Å². The molecule has 0 bridgehead atoms. The molecular formula is C24H29FN6. The minimum atomic E-state index is -0.233. The van der Waals surface area contributed by atoms with Crippen LogP contribution < -0.4 is 0 Å².